The topological polar surface area (TPSA) is 102 Å². The Morgan fingerprint density at radius 3 is 2.60 bits per heavy atom. The number of sulfonamides is 1. The predicted molar refractivity (Wildman–Crippen MR) is 74.8 cm³/mol. The van der Waals surface area contributed by atoms with Gasteiger partial charge in [0.2, 0.25) is 15.9 Å². The molecule has 0 fully saturated rings. The number of hydrogen-bond donors (Lipinski definition) is 2. The molecule has 0 atom stereocenters. The second-order valence-electron chi connectivity index (χ2n) is 3.80. The fourth-order valence-electron chi connectivity index (χ4n) is 1.53. The molecular formula is C11H16ClN3O4S. The summed E-state index contributed by atoms with van der Waals surface area (Å²) in [6.07, 6.45) is 0. The van der Waals surface area contributed by atoms with Gasteiger partial charge in [-0.2, -0.15) is 4.31 Å². The lowest BCUT2D eigenvalue weighted by Gasteiger charge is -2.19. The van der Waals surface area contributed by atoms with Crippen LogP contribution < -0.4 is 16.0 Å². The van der Waals surface area contributed by atoms with E-state index in [-0.39, 0.29) is 23.0 Å². The number of likely N-dealkylation sites (N-methyl/N-ethyl adjacent to an activating group) is 1. The van der Waals surface area contributed by atoms with E-state index in [1.165, 1.54) is 25.3 Å². The van der Waals surface area contributed by atoms with Crippen LogP contribution in [0.15, 0.2) is 23.1 Å². The molecular weight excluding hydrogens is 306 g/mol. The zero-order valence-electron chi connectivity index (χ0n) is 11.1. The number of nitrogens with one attached hydrogen (secondary N) is 1. The summed E-state index contributed by atoms with van der Waals surface area (Å²) in [5, 5.41) is 0.174. The number of rotatable bonds is 6. The monoisotopic (exact) mass is 321 g/mol. The molecule has 0 unspecified atom stereocenters. The van der Waals surface area contributed by atoms with Crippen molar-refractivity contribution in [2.24, 2.45) is 5.84 Å². The number of hydrazine groups is 1. The Morgan fingerprint density at radius 2 is 2.15 bits per heavy atom. The molecule has 1 rings (SSSR count). The first-order valence-electron chi connectivity index (χ1n) is 5.70. The lowest BCUT2D eigenvalue weighted by atomic mass is 10.3. The van der Waals surface area contributed by atoms with Crippen molar-refractivity contribution in [2.45, 2.75) is 11.8 Å². The van der Waals surface area contributed by atoms with Gasteiger partial charge in [0, 0.05) is 6.54 Å². The highest BCUT2D eigenvalue weighted by Gasteiger charge is 2.25. The van der Waals surface area contributed by atoms with E-state index < -0.39 is 15.9 Å². The summed E-state index contributed by atoms with van der Waals surface area (Å²) in [5.74, 6) is 4.73. The summed E-state index contributed by atoms with van der Waals surface area (Å²) in [4.78, 5) is 11.2. The maximum Gasteiger partial charge on any atom is 0.249 e. The van der Waals surface area contributed by atoms with Crippen molar-refractivity contribution >= 4 is 27.5 Å². The van der Waals surface area contributed by atoms with Crippen molar-refractivity contribution in [1.82, 2.24) is 9.73 Å². The molecule has 0 aliphatic carbocycles. The quantitative estimate of drug-likeness (QED) is 0.447. The molecule has 1 aromatic rings. The fraction of sp³-hybridized carbons (Fsp3) is 0.364. The lowest BCUT2D eigenvalue weighted by molar-refractivity contribution is -0.121. The molecule has 0 radical (unpaired) electrons. The van der Waals surface area contributed by atoms with Gasteiger partial charge in [0.25, 0.3) is 0 Å². The van der Waals surface area contributed by atoms with Gasteiger partial charge in [-0.25, -0.2) is 14.3 Å². The number of nitrogens with zero attached hydrogens (tertiary/aromatic N) is 1. The minimum absolute atomic E-state index is 0.0185. The molecule has 0 saturated carbocycles. The number of amides is 1. The molecule has 0 bridgehead atoms. The second-order valence-corrected chi connectivity index (χ2v) is 6.14. The van der Waals surface area contributed by atoms with E-state index in [1.807, 2.05) is 5.43 Å². The van der Waals surface area contributed by atoms with E-state index in [9.17, 15) is 13.2 Å². The number of methoxy groups -OCH3 is 1. The van der Waals surface area contributed by atoms with Crippen molar-refractivity contribution in [3.63, 3.8) is 0 Å². The normalized spacial score (nSPS) is 11.4. The second kappa shape index (κ2) is 6.89. The minimum Gasteiger partial charge on any atom is -0.495 e. The van der Waals surface area contributed by atoms with Crippen molar-refractivity contribution in [3.05, 3.63) is 23.2 Å². The molecule has 1 amide bonds. The smallest absolute Gasteiger partial charge is 0.249 e. The van der Waals surface area contributed by atoms with Gasteiger partial charge in [-0.1, -0.05) is 18.5 Å². The van der Waals surface area contributed by atoms with E-state index in [4.69, 9.17) is 22.2 Å². The Balaban J connectivity index is 3.14. The Hall–Kier alpha value is -1.35. The molecule has 20 heavy (non-hydrogen) atoms. The van der Waals surface area contributed by atoms with Crippen molar-refractivity contribution in [1.29, 1.82) is 0 Å². The van der Waals surface area contributed by atoms with Crippen LogP contribution in [0.4, 0.5) is 0 Å². The van der Waals surface area contributed by atoms with E-state index in [0.717, 1.165) is 4.31 Å². The Labute approximate surface area is 122 Å². The first-order chi connectivity index (χ1) is 9.36. The number of benzene rings is 1. The predicted octanol–water partition coefficient (Wildman–Crippen LogP) is 0.349. The van der Waals surface area contributed by atoms with Crippen LogP contribution in [0.25, 0.3) is 0 Å². The molecule has 9 heteroatoms. The van der Waals surface area contributed by atoms with Gasteiger partial charge < -0.3 is 4.74 Å². The molecule has 0 saturated heterocycles. The van der Waals surface area contributed by atoms with Gasteiger partial charge in [0.05, 0.1) is 23.6 Å². The Bertz CT molecular complexity index is 591. The number of carbonyl (C=O) groups is 1. The highest BCUT2D eigenvalue weighted by molar-refractivity contribution is 7.89. The van der Waals surface area contributed by atoms with Crippen LogP contribution in [0.3, 0.4) is 0 Å². The van der Waals surface area contributed by atoms with E-state index in [0.29, 0.717) is 5.75 Å². The van der Waals surface area contributed by atoms with E-state index >= 15 is 0 Å². The summed E-state index contributed by atoms with van der Waals surface area (Å²) in [6, 6.07) is 4.09. The first-order valence-corrected chi connectivity index (χ1v) is 7.51. The van der Waals surface area contributed by atoms with Crippen LogP contribution in [0, 0.1) is 0 Å². The first kappa shape index (κ1) is 16.7. The van der Waals surface area contributed by atoms with Crippen LogP contribution in [-0.2, 0) is 14.8 Å². The van der Waals surface area contributed by atoms with Crippen LogP contribution in [0.5, 0.6) is 5.75 Å². The highest BCUT2D eigenvalue weighted by Crippen LogP contribution is 2.28. The number of carbonyl (C=O) groups excluding carboxylic acids is 1. The molecule has 3 N–H and O–H groups in total. The van der Waals surface area contributed by atoms with Gasteiger partial charge in [0.1, 0.15) is 5.75 Å². The van der Waals surface area contributed by atoms with E-state index in [1.54, 1.807) is 6.92 Å². The van der Waals surface area contributed by atoms with Gasteiger partial charge in [-0.3, -0.25) is 10.2 Å². The maximum absolute atomic E-state index is 12.4. The third-order valence-electron chi connectivity index (χ3n) is 2.59. The number of nitrogens with two attached hydrogens (primary N) is 1. The fourth-order valence-corrected chi connectivity index (χ4v) is 3.28. The summed E-state index contributed by atoms with van der Waals surface area (Å²) >= 11 is 5.91. The molecule has 0 aliphatic rings. The highest BCUT2D eigenvalue weighted by atomic mass is 35.5. The largest absolute Gasteiger partial charge is 0.495 e. The molecule has 0 heterocycles. The zero-order chi connectivity index (χ0) is 15.3. The molecule has 7 nitrogen and oxygen atoms in total. The number of hydrogen-bond acceptors (Lipinski definition) is 5. The zero-order valence-corrected chi connectivity index (χ0v) is 12.7. The number of halogens is 1. The van der Waals surface area contributed by atoms with Crippen LogP contribution in [0.1, 0.15) is 6.92 Å². The van der Waals surface area contributed by atoms with Gasteiger partial charge in [0.15, 0.2) is 0 Å². The molecule has 0 aliphatic heterocycles. The molecule has 1 aromatic carbocycles. The van der Waals surface area contributed by atoms with Crippen LogP contribution in [0.2, 0.25) is 5.02 Å². The minimum atomic E-state index is -3.83. The molecule has 0 spiro atoms. The standard InChI is InChI=1S/C11H16ClN3O4S/c1-3-15(7-11(16)14-13)20(17,18)8-4-5-10(19-2)9(12)6-8/h4-6H,3,7,13H2,1-2H3,(H,14,16). The summed E-state index contributed by atoms with van der Waals surface area (Å²) in [7, 11) is -2.40. The van der Waals surface area contributed by atoms with Crippen LogP contribution >= 0.6 is 11.6 Å². The molecule has 112 valence electrons. The maximum atomic E-state index is 12.4. The summed E-state index contributed by atoms with van der Waals surface area (Å²) in [5.41, 5.74) is 1.89. The lowest BCUT2D eigenvalue weighted by Crippen LogP contribution is -2.42. The van der Waals surface area contributed by atoms with Gasteiger partial charge in [-0.15, -0.1) is 0 Å². The number of ether oxygens (including phenoxy) is 1. The average molecular weight is 322 g/mol. The SMILES string of the molecule is CCN(CC(=O)NN)S(=O)(=O)c1ccc(OC)c(Cl)c1. The Kier molecular flexibility index (Phi) is 5.75. The van der Waals surface area contributed by atoms with Crippen molar-refractivity contribution in [3.8, 4) is 5.75 Å². The van der Waals surface area contributed by atoms with E-state index in [2.05, 4.69) is 0 Å². The third kappa shape index (κ3) is 3.60. The van der Waals surface area contributed by atoms with Crippen molar-refractivity contribution in [2.75, 3.05) is 20.2 Å². The Morgan fingerprint density at radius 1 is 1.50 bits per heavy atom. The summed E-state index contributed by atoms with van der Waals surface area (Å²) in [6.45, 7) is 1.38. The average Bonchev–Trinajstić information content (AvgIpc) is 2.43. The van der Waals surface area contributed by atoms with Gasteiger partial charge in [-0.05, 0) is 18.2 Å². The van der Waals surface area contributed by atoms with Crippen molar-refractivity contribution < 1.29 is 17.9 Å². The van der Waals surface area contributed by atoms with Gasteiger partial charge >= 0.3 is 0 Å². The third-order valence-corrected chi connectivity index (χ3v) is 4.81. The summed E-state index contributed by atoms with van der Waals surface area (Å²) < 4.78 is 30.7. The van der Waals surface area contributed by atoms with Crippen LogP contribution in [-0.4, -0.2) is 38.8 Å². The molecule has 0 aromatic heterocycles.